The van der Waals surface area contributed by atoms with Gasteiger partial charge >= 0.3 is 5.97 Å². The third-order valence-corrected chi connectivity index (χ3v) is 4.26. The van der Waals surface area contributed by atoms with E-state index in [9.17, 15) is 4.79 Å². The van der Waals surface area contributed by atoms with Crippen molar-refractivity contribution >= 4 is 33.2 Å². The van der Waals surface area contributed by atoms with Crippen LogP contribution in [0.4, 0.5) is 0 Å². The third kappa shape index (κ3) is 5.63. The van der Waals surface area contributed by atoms with E-state index in [1.54, 1.807) is 11.3 Å². The first-order chi connectivity index (χ1) is 7.99. The van der Waals surface area contributed by atoms with E-state index in [0.717, 1.165) is 17.4 Å². The summed E-state index contributed by atoms with van der Waals surface area (Å²) in [6.07, 6.45) is 1.47. The Kier molecular flexibility index (Phi) is 6.11. The summed E-state index contributed by atoms with van der Waals surface area (Å²) in [4.78, 5) is 14.0. The number of nitrogens with two attached hydrogens (primary N) is 1. The molecule has 0 aliphatic rings. The summed E-state index contributed by atoms with van der Waals surface area (Å²) in [6.45, 7) is 1.62. The zero-order valence-electron chi connectivity index (χ0n) is 9.73. The van der Waals surface area contributed by atoms with Gasteiger partial charge in [0, 0.05) is 21.3 Å². The Morgan fingerprint density at radius 2 is 2.35 bits per heavy atom. The van der Waals surface area contributed by atoms with E-state index in [1.165, 1.54) is 4.88 Å². The second-order valence-corrected chi connectivity index (χ2v) is 5.93. The number of aliphatic carboxylic acids is 1. The molecule has 0 aliphatic heterocycles. The van der Waals surface area contributed by atoms with Gasteiger partial charge in [-0.1, -0.05) is 0 Å². The normalized spacial score (nSPS) is 12.9. The molecule has 0 fully saturated rings. The molecule has 96 valence electrons. The summed E-state index contributed by atoms with van der Waals surface area (Å²) in [6, 6.07) is 1.36. The second kappa shape index (κ2) is 7.10. The molecule has 1 aromatic rings. The van der Waals surface area contributed by atoms with Crippen molar-refractivity contribution < 1.29 is 9.90 Å². The molecule has 1 atom stereocenters. The lowest BCUT2D eigenvalue weighted by Gasteiger charge is -2.17. The van der Waals surface area contributed by atoms with Crippen LogP contribution in [0.3, 0.4) is 0 Å². The lowest BCUT2D eigenvalue weighted by molar-refractivity contribution is -0.138. The molecule has 1 aromatic heterocycles. The smallest absolute Gasteiger partial charge is 0.320 e. The van der Waals surface area contributed by atoms with Crippen LogP contribution in [0.2, 0.25) is 0 Å². The maximum atomic E-state index is 10.5. The van der Waals surface area contributed by atoms with Crippen LogP contribution in [-0.4, -0.2) is 42.2 Å². The number of carboxylic acids is 1. The second-order valence-electron chi connectivity index (χ2n) is 4.02. The van der Waals surface area contributed by atoms with Crippen molar-refractivity contribution in [3.63, 3.8) is 0 Å². The van der Waals surface area contributed by atoms with Crippen molar-refractivity contribution in [3.8, 4) is 0 Å². The Labute approximate surface area is 114 Å². The molecule has 1 heterocycles. The summed E-state index contributed by atoms with van der Waals surface area (Å²) in [5, 5.41) is 10.7. The molecule has 0 radical (unpaired) electrons. The number of carbonyl (C=O) groups is 1. The first kappa shape index (κ1) is 14.6. The van der Waals surface area contributed by atoms with Crippen molar-refractivity contribution in [3.05, 3.63) is 20.8 Å². The fourth-order valence-electron chi connectivity index (χ4n) is 1.38. The number of hydrogen-bond donors (Lipinski definition) is 2. The minimum Gasteiger partial charge on any atom is -0.480 e. The number of nitrogens with zero attached hydrogens (tertiary/aromatic N) is 1. The van der Waals surface area contributed by atoms with Crippen LogP contribution in [0, 0.1) is 0 Å². The zero-order chi connectivity index (χ0) is 12.8. The minimum atomic E-state index is -0.930. The Hall–Kier alpha value is -0.430. The van der Waals surface area contributed by atoms with Gasteiger partial charge in [-0.2, -0.15) is 0 Å². The molecule has 1 rings (SSSR count). The van der Waals surface area contributed by atoms with E-state index in [1.807, 2.05) is 7.05 Å². The molecule has 4 nitrogen and oxygen atoms in total. The van der Waals surface area contributed by atoms with E-state index in [0.29, 0.717) is 13.0 Å². The van der Waals surface area contributed by atoms with E-state index in [4.69, 9.17) is 10.8 Å². The van der Waals surface area contributed by atoms with Gasteiger partial charge in [0.15, 0.2) is 0 Å². The molecule has 1 unspecified atom stereocenters. The van der Waals surface area contributed by atoms with Gasteiger partial charge in [-0.15, -0.1) is 11.3 Å². The standard InChI is InChI=1S/C11H17BrN2O2S/c1-14(5-3-10(13)11(15)16)4-2-9-6-8(12)7-17-9/h6-7,10H,2-5,13H2,1H3,(H,15,16). The molecule has 0 aliphatic carbocycles. The first-order valence-corrected chi connectivity index (χ1v) is 7.06. The van der Waals surface area contributed by atoms with Crippen molar-refractivity contribution in [2.45, 2.75) is 18.9 Å². The number of hydrogen-bond acceptors (Lipinski definition) is 4. The lowest BCUT2D eigenvalue weighted by atomic mass is 10.2. The predicted octanol–water partition coefficient (Wildman–Crippen LogP) is 1.79. The highest BCUT2D eigenvalue weighted by molar-refractivity contribution is 9.10. The van der Waals surface area contributed by atoms with Gasteiger partial charge in [0.1, 0.15) is 6.04 Å². The molecule has 0 saturated heterocycles. The molecule has 0 bridgehead atoms. The highest BCUT2D eigenvalue weighted by Crippen LogP contribution is 2.20. The average Bonchev–Trinajstić information content (AvgIpc) is 2.69. The van der Waals surface area contributed by atoms with Crippen LogP contribution in [0.15, 0.2) is 15.9 Å². The molecular weight excluding hydrogens is 304 g/mol. The van der Waals surface area contributed by atoms with Crippen LogP contribution < -0.4 is 5.73 Å². The van der Waals surface area contributed by atoms with Gasteiger partial charge < -0.3 is 15.7 Å². The number of halogens is 1. The van der Waals surface area contributed by atoms with Crippen molar-refractivity contribution in [1.29, 1.82) is 0 Å². The van der Waals surface area contributed by atoms with E-state index in [2.05, 4.69) is 32.3 Å². The highest BCUT2D eigenvalue weighted by atomic mass is 79.9. The van der Waals surface area contributed by atoms with Crippen molar-refractivity contribution in [2.24, 2.45) is 5.73 Å². The Bertz CT molecular complexity index is 370. The molecule has 17 heavy (non-hydrogen) atoms. The quantitative estimate of drug-likeness (QED) is 0.803. The van der Waals surface area contributed by atoms with Crippen LogP contribution in [0.5, 0.6) is 0 Å². The molecule has 6 heteroatoms. The maximum Gasteiger partial charge on any atom is 0.320 e. The molecular formula is C11H17BrN2O2S. The number of likely N-dealkylation sites (N-methyl/N-ethyl adjacent to an activating group) is 1. The van der Waals surface area contributed by atoms with E-state index >= 15 is 0 Å². The monoisotopic (exact) mass is 320 g/mol. The Morgan fingerprint density at radius 3 is 2.88 bits per heavy atom. The van der Waals surface area contributed by atoms with Crippen LogP contribution in [0.25, 0.3) is 0 Å². The molecule has 0 saturated carbocycles. The molecule has 0 aromatic carbocycles. The van der Waals surface area contributed by atoms with Gasteiger partial charge in [0.2, 0.25) is 0 Å². The summed E-state index contributed by atoms with van der Waals surface area (Å²) < 4.78 is 1.12. The summed E-state index contributed by atoms with van der Waals surface area (Å²) in [5.74, 6) is -0.930. The molecule has 0 amide bonds. The highest BCUT2D eigenvalue weighted by Gasteiger charge is 2.12. The van der Waals surface area contributed by atoms with Gasteiger partial charge in [-0.25, -0.2) is 0 Å². The van der Waals surface area contributed by atoms with Gasteiger partial charge in [0.25, 0.3) is 0 Å². The molecule has 3 N–H and O–H groups in total. The summed E-state index contributed by atoms with van der Waals surface area (Å²) >= 11 is 5.15. The van der Waals surface area contributed by atoms with E-state index in [-0.39, 0.29) is 0 Å². The predicted molar refractivity (Wildman–Crippen MR) is 73.4 cm³/mol. The van der Waals surface area contributed by atoms with Crippen LogP contribution >= 0.6 is 27.3 Å². The fourth-order valence-corrected chi connectivity index (χ4v) is 2.83. The summed E-state index contributed by atoms with van der Waals surface area (Å²) in [7, 11) is 1.98. The van der Waals surface area contributed by atoms with Gasteiger partial charge in [-0.3, -0.25) is 4.79 Å². The number of rotatable bonds is 7. The number of carboxylic acid groups (broad SMARTS) is 1. The first-order valence-electron chi connectivity index (χ1n) is 5.39. The average molecular weight is 321 g/mol. The SMILES string of the molecule is CN(CCc1cc(Br)cs1)CCC(N)C(=O)O. The molecule has 0 spiro atoms. The minimum absolute atomic E-state index is 0.486. The largest absolute Gasteiger partial charge is 0.480 e. The third-order valence-electron chi connectivity index (χ3n) is 2.50. The zero-order valence-corrected chi connectivity index (χ0v) is 12.1. The number of thiophene rings is 1. The summed E-state index contributed by atoms with van der Waals surface area (Å²) in [5.41, 5.74) is 5.45. The van der Waals surface area contributed by atoms with Crippen LogP contribution in [-0.2, 0) is 11.2 Å². The van der Waals surface area contributed by atoms with Crippen molar-refractivity contribution in [1.82, 2.24) is 4.90 Å². The van der Waals surface area contributed by atoms with Crippen molar-refractivity contribution in [2.75, 3.05) is 20.1 Å². The lowest BCUT2D eigenvalue weighted by Crippen LogP contribution is -2.34. The Balaban J connectivity index is 2.21. The topological polar surface area (TPSA) is 66.6 Å². The van der Waals surface area contributed by atoms with Gasteiger partial charge in [-0.05, 0) is 48.4 Å². The van der Waals surface area contributed by atoms with Gasteiger partial charge in [0.05, 0.1) is 0 Å². The van der Waals surface area contributed by atoms with E-state index < -0.39 is 12.0 Å². The Morgan fingerprint density at radius 1 is 1.65 bits per heavy atom. The van der Waals surface area contributed by atoms with Crippen LogP contribution in [0.1, 0.15) is 11.3 Å². The fraction of sp³-hybridized carbons (Fsp3) is 0.545. The maximum absolute atomic E-state index is 10.5.